The molecule has 0 bridgehead atoms. The third-order valence-corrected chi connectivity index (χ3v) is 4.08. The van der Waals surface area contributed by atoms with E-state index in [1.165, 1.54) is 61.8 Å². The number of anilines is 1. The normalized spacial score (nSPS) is 10.6. The number of hydrogen-bond donors (Lipinski definition) is 1. The smallest absolute Gasteiger partial charge is 0.0346 e. The lowest BCUT2D eigenvalue weighted by molar-refractivity contribution is 0.596. The maximum absolute atomic E-state index is 3.56. The second-order valence-corrected chi connectivity index (χ2v) is 5.99. The molecule has 1 N–H and O–H groups in total. The molecule has 0 amide bonds. The number of rotatable bonds is 10. The summed E-state index contributed by atoms with van der Waals surface area (Å²) in [6.45, 7) is 3.35. The van der Waals surface area contributed by atoms with Crippen molar-refractivity contribution in [1.29, 1.82) is 0 Å². The van der Waals surface area contributed by atoms with Gasteiger partial charge in [0.1, 0.15) is 0 Å². The first-order valence-corrected chi connectivity index (χ1v) is 8.79. The Morgan fingerprint density at radius 3 is 2.14 bits per heavy atom. The van der Waals surface area contributed by atoms with Crippen LogP contribution in [0.3, 0.4) is 0 Å². The molecule has 0 fully saturated rings. The van der Waals surface area contributed by atoms with Gasteiger partial charge in [0, 0.05) is 12.2 Å². The van der Waals surface area contributed by atoms with Crippen molar-refractivity contribution in [2.45, 2.75) is 51.9 Å². The van der Waals surface area contributed by atoms with Crippen LogP contribution in [0.25, 0.3) is 11.1 Å². The highest BCUT2D eigenvalue weighted by Crippen LogP contribution is 2.22. The molecule has 0 atom stereocenters. The van der Waals surface area contributed by atoms with Crippen molar-refractivity contribution in [2.24, 2.45) is 0 Å². The first kappa shape index (κ1) is 16.6. The monoisotopic (exact) mass is 295 g/mol. The summed E-state index contributed by atoms with van der Waals surface area (Å²) < 4.78 is 0. The Morgan fingerprint density at radius 1 is 0.682 bits per heavy atom. The molecule has 0 radical (unpaired) electrons. The third-order valence-electron chi connectivity index (χ3n) is 4.08. The average Bonchev–Trinajstić information content (AvgIpc) is 2.58. The summed E-state index contributed by atoms with van der Waals surface area (Å²) in [6, 6.07) is 19.3. The Labute approximate surface area is 135 Å². The minimum atomic E-state index is 1.08. The van der Waals surface area contributed by atoms with E-state index in [1.807, 2.05) is 0 Å². The lowest BCUT2D eigenvalue weighted by atomic mass is 10.1. The largest absolute Gasteiger partial charge is 0.385 e. The highest BCUT2D eigenvalue weighted by Gasteiger charge is 1.98. The van der Waals surface area contributed by atoms with Crippen molar-refractivity contribution in [3.8, 4) is 11.1 Å². The molecule has 1 heteroatoms. The molecule has 0 spiro atoms. The Hall–Kier alpha value is -1.76. The van der Waals surface area contributed by atoms with E-state index in [9.17, 15) is 0 Å². The van der Waals surface area contributed by atoms with Crippen LogP contribution in [-0.2, 0) is 0 Å². The summed E-state index contributed by atoms with van der Waals surface area (Å²) in [6.07, 6.45) is 9.52. The van der Waals surface area contributed by atoms with E-state index < -0.39 is 0 Å². The molecule has 0 aliphatic rings. The summed E-state index contributed by atoms with van der Waals surface area (Å²) in [5.41, 5.74) is 3.79. The predicted molar refractivity (Wildman–Crippen MR) is 98.4 cm³/mol. The van der Waals surface area contributed by atoms with Gasteiger partial charge in [0.05, 0.1) is 0 Å². The van der Waals surface area contributed by atoms with Crippen LogP contribution in [0.4, 0.5) is 5.69 Å². The van der Waals surface area contributed by atoms with Crippen molar-refractivity contribution in [2.75, 3.05) is 11.9 Å². The molecule has 2 rings (SSSR count). The lowest BCUT2D eigenvalue weighted by Gasteiger charge is -2.09. The Bertz CT molecular complexity index is 518. The molecule has 0 heterocycles. The van der Waals surface area contributed by atoms with E-state index in [0.29, 0.717) is 0 Å². The van der Waals surface area contributed by atoms with Crippen molar-refractivity contribution in [3.63, 3.8) is 0 Å². The lowest BCUT2D eigenvalue weighted by Crippen LogP contribution is -2.01. The number of benzene rings is 2. The second kappa shape index (κ2) is 10.0. The third kappa shape index (κ3) is 5.93. The van der Waals surface area contributed by atoms with Gasteiger partial charge in [0.15, 0.2) is 0 Å². The highest BCUT2D eigenvalue weighted by molar-refractivity contribution is 5.67. The summed E-state index contributed by atoms with van der Waals surface area (Å²) in [7, 11) is 0. The molecule has 0 saturated carbocycles. The number of unbranched alkanes of at least 4 members (excludes halogenated alkanes) is 6. The van der Waals surface area contributed by atoms with Crippen LogP contribution in [0.15, 0.2) is 54.6 Å². The molecule has 1 nitrogen and oxygen atoms in total. The van der Waals surface area contributed by atoms with E-state index in [4.69, 9.17) is 0 Å². The zero-order chi connectivity index (χ0) is 15.5. The molecule has 0 saturated heterocycles. The number of nitrogens with one attached hydrogen (secondary N) is 1. The summed E-state index contributed by atoms with van der Waals surface area (Å²) in [4.78, 5) is 0. The highest BCUT2D eigenvalue weighted by atomic mass is 14.9. The molecule has 2 aromatic carbocycles. The molecular formula is C21H29N. The van der Waals surface area contributed by atoms with E-state index in [-0.39, 0.29) is 0 Å². The predicted octanol–water partition coefficient (Wildman–Crippen LogP) is 6.52. The van der Waals surface area contributed by atoms with Crippen LogP contribution in [0.2, 0.25) is 0 Å². The summed E-state index contributed by atoms with van der Waals surface area (Å²) >= 11 is 0. The second-order valence-electron chi connectivity index (χ2n) is 5.99. The Balaban J connectivity index is 1.70. The van der Waals surface area contributed by atoms with Gasteiger partial charge in [-0.2, -0.15) is 0 Å². The fraction of sp³-hybridized carbons (Fsp3) is 0.429. The Morgan fingerprint density at radius 2 is 1.36 bits per heavy atom. The van der Waals surface area contributed by atoms with Gasteiger partial charge in [-0.05, 0) is 29.7 Å². The zero-order valence-electron chi connectivity index (χ0n) is 13.9. The summed E-state index contributed by atoms with van der Waals surface area (Å²) in [5, 5.41) is 3.56. The standard InChI is InChI=1S/C21H29N/c1-2-3-4-5-6-7-11-17-22-21-16-12-15-20(18-21)19-13-9-8-10-14-19/h8-10,12-16,18,22H,2-7,11,17H2,1H3. The molecular weight excluding hydrogens is 266 g/mol. The van der Waals surface area contributed by atoms with Crippen LogP contribution in [0, 0.1) is 0 Å². The maximum atomic E-state index is 3.56. The van der Waals surface area contributed by atoms with E-state index in [0.717, 1.165) is 6.54 Å². The van der Waals surface area contributed by atoms with Crippen LogP contribution < -0.4 is 5.32 Å². The van der Waals surface area contributed by atoms with Gasteiger partial charge in [0.2, 0.25) is 0 Å². The topological polar surface area (TPSA) is 12.0 Å². The van der Waals surface area contributed by atoms with Crippen LogP contribution in [0.1, 0.15) is 51.9 Å². The minimum absolute atomic E-state index is 1.08. The van der Waals surface area contributed by atoms with Crippen LogP contribution >= 0.6 is 0 Å². The van der Waals surface area contributed by atoms with Crippen molar-refractivity contribution in [1.82, 2.24) is 0 Å². The molecule has 2 aromatic rings. The average molecular weight is 295 g/mol. The first-order valence-electron chi connectivity index (χ1n) is 8.79. The fourth-order valence-corrected chi connectivity index (χ4v) is 2.75. The van der Waals surface area contributed by atoms with Crippen molar-refractivity contribution >= 4 is 5.69 Å². The fourth-order valence-electron chi connectivity index (χ4n) is 2.75. The van der Waals surface area contributed by atoms with Gasteiger partial charge in [-0.25, -0.2) is 0 Å². The van der Waals surface area contributed by atoms with Crippen molar-refractivity contribution < 1.29 is 0 Å². The molecule has 22 heavy (non-hydrogen) atoms. The van der Waals surface area contributed by atoms with E-state index >= 15 is 0 Å². The molecule has 0 aromatic heterocycles. The Kier molecular flexibility index (Phi) is 7.59. The molecule has 0 aliphatic heterocycles. The molecule has 118 valence electrons. The quantitative estimate of drug-likeness (QED) is 0.492. The van der Waals surface area contributed by atoms with Gasteiger partial charge >= 0.3 is 0 Å². The van der Waals surface area contributed by atoms with Gasteiger partial charge in [-0.15, -0.1) is 0 Å². The van der Waals surface area contributed by atoms with Gasteiger partial charge in [0.25, 0.3) is 0 Å². The maximum Gasteiger partial charge on any atom is 0.0346 e. The zero-order valence-corrected chi connectivity index (χ0v) is 13.9. The van der Waals surface area contributed by atoms with E-state index in [2.05, 4.69) is 66.8 Å². The SMILES string of the molecule is CCCCCCCCCNc1cccc(-c2ccccc2)c1. The molecule has 0 aliphatic carbocycles. The van der Waals surface area contributed by atoms with Crippen molar-refractivity contribution in [3.05, 3.63) is 54.6 Å². The van der Waals surface area contributed by atoms with Gasteiger partial charge in [-0.1, -0.05) is 87.9 Å². The van der Waals surface area contributed by atoms with E-state index in [1.54, 1.807) is 0 Å². The van der Waals surface area contributed by atoms with Gasteiger partial charge in [-0.3, -0.25) is 0 Å². The number of hydrogen-bond acceptors (Lipinski definition) is 1. The molecule has 0 unspecified atom stereocenters. The van der Waals surface area contributed by atoms with Crippen LogP contribution in [0.5, 0.6) is 0 Å². The summed E-state index contributed by atoms with van der Waals surface area (Å²) in [5.74, 6) is 0. The van der Waals surface area contributed by atoms with Gasteiger partial charge < -0.3 is 5.32 Å². The van der Waals surface area contributed by atoms with Crippen LogP contribution in [-0.4, -0.2) is 6.54 Å². The first-order chi connectivity index (χ1) is 10.9. The minimum Gasteiger partial charge on any atom is -0.385 e.